The van der Waals surface area contributed by atoms with Crippen LogP contribution in [0.4, 0.5) is 4.79 Å². The Morgan fingerprint density at radius 1 is 0.744 bits per heavy atom. The molecule has 11 heteroatoms. The first kappa shape index (κ1) is 27.9. The third kappa shape index (κ3) is 6.65. The van der Waals surface area contributed by atoms with E-state index in [1.165, 1.54) is 4.90 Å². The molecule has 210 valence electrons. The van der Waals surface area contributed by atoms with Crippen LogP contribution < -0.4 is 18.9 Å². The Balaban J connectivity index is 1.29. The molecule has 2 aromatic rings. The fourth-order valence-electron chi connectivity index (χ4n) is 4.69. The lowest BCUT2D eigenvalue weighted by Gasteiger charge is -2.14. The predicted molar refractivity (Wildman–Crippen MR) is 139 cm³/mol. The minimum atomic E-state index is -0.958. The quantitative estimate of drug-likeness (QED) is 0.316. The summed E-state index contributed by atoms with van der Waals surface area (Å²) in [6, 6.07) is 7.44. The number of hydrogen-bond acceptors (Lipinski definition) is 8. The zero-order valence-corrected chi connectivity index (χ0v) is 22.5. The fraction of sp³-hybridized carbons (Fsp3) is 0.464. The summed E-state index contributed by atoms with van der Waals surface area (Å²) in [4.78, 5) is 38.5. The summed E-state index contributed by atoms with van der Waals surface area (Å²) in [5.41, 5.74) is 3.77. The molecule has 39 heavy (non-hydrogen) atoms. The zero-order valence-electron chi connectivity index (χ0n) is 22.5. The number of rotatable bonds is 12. The topological polar surface area (TPSA) is 124 Å². The van der Waals surface area contributed by atoms with E-state index in [0.717, 1.165) is 22.3 Å². The third-order valence-electron chi connectivity index (χ3n) is 6.69. The zero-order chi connectivity index (χ0) is 27.9. The van der Waals surface area contributed by atoms with Crippen molar-refractivity contribution in [3.63, 3.8) is 0 Å². The Hall–Kier alpha value is -4.15. The molecule has 0 unspecified atom stereocenters. The van der Waals surface area contributed by atoms with Crippen molar-refractivity contribution in [2.75, 3.05) is 34.0 Å². The third-order valence-corrected chi connectivity index (χ3v) is 6.69. The van der Waals surface area contributed by atoms with Crippen molar-refractivity contribution in [3.05, 3.63) is 46.5 Å². The molecule has 0 aliphatic carbocycles. The van der Waals surface area contributed by atoms with Crippen LogP contribution >= 0.6 is 0 Å². The van der Waals surface area contributed by atoms with Crippen molar-refractivity contribution in [3.8, 4) is 23.0 Å². The summed E-state index contributed by atoms with van der Waals surface area (Å²) in [6.07, 6.45) is -0.197. The highest BCUT2D eigenvalue weighted by Gasteiger charge is 2.27. The van der Waals surface area contributed by atoms with Crippen molar-refractivity contribution < 1.29 is 43.2 Å². The van der Waals surface area contributed by atoms with Gasteiger partial charge in [0, 0.05) is 39.0 Å². The van der Waals surface area contributed by atoms with Crippen LogP contribution in [-0.2, 0) is 40.5 Å². The number of methoxy groups -OCH3 is 2. The molecule has 0 atom stereocenters. The first-order valence-electron chi connectivity index (χ1n) is 12.9. The molecule has 0 spiro atoms. The van der Waals surface area contributed by atoms with Crippen LogP contribution in [-0.4, -0.2) is 66.9 Å². The normalized spacial score (nSPS) is 13.5. The van der Waals surface area contributed by atoms with Crippen LogP contribution in [0.25, 0.3) is 0 Å². The van der Waals surface area contributed by atoms with Crippen molar-refractivity contribution in [2.45, 2.75) is 52.4 Å². The highest BCUT2D eigenvalue weighted by atomic mass is 16.5. The smallest absolute Gasteiger partial charge is 0.407 e. The second-order valence-electron chi connectivity index (χ2n) is 9.29. The van der Waals surface area contributed by atoms with Gasteiger partial charge in [-0.1, -0.05) is 0 Å². The molecule has 4 rings (SSSR count). The van der Waals surface area contributed by atoms with Crippen LogP contribution in [0, 0.1) is 0 Å². The molecule has 2 aliphatic heterocycles. The molecule has 0 bridgehead atoms. The maximum absolute atomic E-state index is 12.6. The molecule has 0 fully saturated rings. The molecule has 1 N–H and O–H groups in total. The molecular formula is C28H34N2O9. The molecule has 0 aromatic heterocycles. The second kappa shape index (κ2) is 12.6. The summed E-state index contributed by atoms with van der Waals surface area (Å²) in [5.74, 6) is 1.81. The van der Waals surface area contributed by atoms with Crippen molar-refractivity contribution in [1.82, 2.24) is 9.80 Å². The monoisotopic (exact) mass is 542 g/mol. The van der Waals surface area contributed by atoms with E-state index in [9.17, 15) is 19.5 Å². The first-order chi connectivity index (χ1) is 18.8. The highest BCUT2D eigenvalue weighted by molar-refractivity contribution is 5.82. The Kier molecular flexibility index (Phi) is 9.00. The lowest BCUT2D eigenvalue weighted by Crippen LogP contribution is -2.25. The molecule has 2 heterocycles. The van der Waals surface area contributed by atoms with E-state index in [0.29, 0.717) is 75.4 Å². The lowest BCUT2D eigenvalue weighted by atomic mass is 10.1. The van der Waals surface area contributed by atoms with Gasteiger partial charge in [0.2, 0.25) is 5.91 Å². The summed E-state index contributed by atoms with van der Waals surface area (Å²) in [6.45, 7) is 4.32. The number of carboxylic acid groups (broad SMARTS) is 1. The van der Waals surface area contributed by atoms with Gasteiger partial charge < -0.3 is 33.7 Å². The predicted octanol–water partition coefficient (Wildman–Crippen LogP) is 3.73. The Morgan fingerprint density at radius 3 is 1.64 bits per heavy atom. The van der Waals surface area contributed by atoms with E-state index in [1.807, 2.05) is 24.3 Å². The number of esters is 1. The number of carbonyl (C=O) groups excluding carboxylic acids is 2. The molecule has 0 saturated carbocycles. The molecule has 2 amide bonds. The van der Waals surface area contributed by atoms with Crippen molar-refractivity contribution in [2.24, 2.45) is 0 Å². The summed E-state index contributed by atoms with van der Waals surface area (Å²) >= 11 is 0. The number of carbonyl (C=O) groups is 3. The van der Waals surface area contributed by atoms with Crippen LogP contribution in [0.1, 0.15) is 48.4 Å². The van der Waals surface area contributed by atoms with Crippen LogP contribution in [0.5, 0.6) is 23.0 Å². The van der Waals surface area contributed by atoms with Gasteiger partial charge in [-0.05, 0) is 53.4 Å². The van der Waals surface area contributed by atoms with Gasteiger partial charge in [0.1, 0.15) is 0 Å². The number of ether oxygens (including phenoxy) is 5. The Bertz CT molecular complexity index is 1230. The molecule has 11 nitrogen and oxygen atoms in total. The van der Waals surface area contributed by atoms with Gasteiger partial charge in [0.25, 0.3) is 0 Å². The largest absolute Gasteiger partial charge is 0.493 e. The molecule has 0 radical (unpaired) electrons. The van der Waals surface area contributed by atoms with Gasteiger partial charge in [0.15, 0.2) is 23.0 Å². The van der Waals surface area contributed by atoms with Crippen molar-refractivity contribution >= 4 is 18.0 Å². The highest BCUT2D eigenvalue weighted by Crippen LogP contribution is 2.37. The average Bonchev–Trinajstić information content (AvgIpc) is 3.54. The van der Waals surface area contributed by atoms with E-state index in [-0.39, 0.29) is 24.7 Å². The van der Waals surface area contributed by atoms with Gasteiger partial charge in [-0.25, -0.2) is 4.79 Å². The molecular weight excluding hydrogens is 508 g/mol. The number of fused-ring (bicyclic) bond motifs is 2. The first-order valence-corrected chi connectivity index (χ1v) is 12.9. The minimum Gasteiger partial charge on any atom is -0.493 e. The number of hydrogen-bond donors (Lipinski definition) is 1. The Labute approximate surface area is 227 Å². The maximum Gasteiger partial charge on any atom is 0.407 e. The Morgan fingerprint density at radius 2 is 1.21 bits per heavy atom. The van der Waals surface area contributed by atoms with E-state index < -0.39 is 6.09 Å². The SMILES string of the molecule is CCOC(=O)CCC(=O)N1Cc2cc(OC)c(OCCCOc3cc4c(cc3OC)CN(C(=O)O)C4)cc2C1. The number of nitrogens with zero attached hydrogens (tertiary/aromatic N) is 2. The van der Waals surface area contributed by atoms with E-state index >= 15 is 0 Å². The van der Waals surface area contributed by atoms with Gasteiger partial charge in [-0.15, -0.1) is 0 Å². The molecule has 0 saturated heterocycles. The van der Waals surface area contributed by atoms with E-state index in [2.05, 4.69) is 0 Å². The van der Waals surface area contributed by atoms with E-state index in [1.54, 1.807) is 26.0 Å². The van der Waals surface area contributed by atoms with Gasteiger partial charge in [0.05, 0.1) is 40.5 Å². The summed E-state index contributed by atoms with van der Waals surface area (Å²) in [5, 5.41) is 9.27. The minimum absolute atomic E-state index is 0.0668. The van der Waals surface area contributed by atoms with Crippen molar-refractivity contribution in [1.29, 1.82) is 0 Å². The summed E-state index contributed by atoms with van der Waals surface area (Å²) in [7, 11) is 3.12. The average molecular weight is 543 g/mol. The van der Waals surface area contributed by atoms with Gasteiger partial charge >= 0.3 is 12.1 Å². The van der Waals surface area contributed by atoms with Crippen LogP contribution in [0.2, 0.25) is 0 Å². The number of amides is 2. The van der Waals surface area contributed by atoms with Gasteiger partial charge in [-0.3, -0.25) is 14.5 Å². The molecule has 2 aliphatic rings. The molecule has 2 aromatic carbocycles. The van der Waals surface area contributed by atoms with Crippen LogP contribution in [0.3, 0.4) is 0 Å². The van der Waals surface area contributed by atoms with Gasteiger partial charge in [-0.2, -0.15) is 0 Å². The van der Waals surface area contributed by atoms with E-state index in [4.69, 9.17) is 23.7 Å². The van der Waals surface area contributed by atoms with Crippen LogP contribution in [0.15, 0.2) is 24.3 Å². The standard InChI is InChI=1S/C28H34N2O9/c1-4-37-27(32)7-6-26(31)29-14-18-10-22(35-2)24(12-20(18)15-29)38-8-5-9-39-25-13-21-17-30(28(33)34)16-19(21)11-23(25)36-3/h10-13H,4-9,14-17H2,1-3H3,(H,33,34). The lowest BCUT2D eigenvalue weighted by molar-refractivity contribution is -0.145. The maximum atomic E-state index is 12.6. The fourth-order valence-corrected chi connectivity index (χ4v) is 4.69. The number of benzene rings is 2. The summed E-state index contributed by atoms with van der Waals surface area (Å²) < 4.78 is 27.8. The second-order valence-corrected chi connectivity index (χ2v) is 9.29.